The SMILES string of the molecule is C=CCOc1c(I)cc(/C=C2\SC(=O)N(Cc3cccc4ccccc34)C2=O)cc1OC. The first-order valence-electron chi connectivity index (χ1n) is 9.85. The quantitative estimate of drug-likeness (QED) is 0.195. The number of rotatable bonds is 7. The van der Waals surface area contributed by atoms with E-state index >= 15 is 0 Å². The molecular weight excluding hydrogens is 537 g/mol. The van der Waals surface area contributed by atoms with E-state index in [0.717, 1.165) is 37.2 Å². The molecule has 3 aromatic rings. The van der Waals surface area contributed by atoms with Crippen molar-refractivity contribution in [3.63, 3.8) is 0 Å². The molecule has 3 aromatic carbocycles. The first-order valence-corrected chi connectivity index (χ1v) is 11.7. The van der Waals surface area contributed by atoms with Crippen LogP contribution in [0.2, 0.25) is 0 Å². The molecule has 1 aliphatic heterocycles. The fraction of sp³-hybridized carbons (Fsp3) is 0.120. The summed E-state index contributed by atoms with van der Waals surface area (Å²) in [6, 6.07) is 17.5. The van der Waals surface area contributed by atoms with E-state index in [2.05, 4.69) is 29.2 Å². The van der Waals surface area contributed by atoms with Gasteiger partial charge in [-0.2, -0.15) is 0 Å². The van der Waals surface area contributed by atoms with Crippen molar-refractivity contribution in [3.8, 4) is 11.5 Å². The predicted octanol–water partition coefficient (Wildman–Crippen LogP) is 6.25. The highest BCUT2D eigenvalue weighted by Crippen LogP contribution is 2.38. The van der Waals surface area contributed by atoms with E-state index in [1.165, 1.54) is 4.90 Å². The van der Waals surface area contributed by atoms with Crippen molar-refractivity contribution in [2.45, 2.75) is 6.54 Å². The van der Waals surface area contributed by atoms with E-state index in [1.54, 1.807) is 25.3 Å². The van der Waals surface area contributed by atoms with E-state index in [0.29, 0.717) is 23.0 Å². The van der Waals surface area contributed by atoms with E-state index in [1.807, 2.05) is 48.5 Å². The van der Waals surface area contributed by atoms with Crippen molar-refractivity contribution in [1.82, 2.24) is 4.90 Å². The van der Waals surface area contributed by atoms with Crippen molar-refractivity contribution >= 4 is 62.3 Å². The average molecular weight is 557 g/mol. The topological polar surface area (TPSA) is 55.8 Å². The third kappa shape index (κ3) is 4.54. The van der Waals surface area contributed by atoms with Crippen molar-refractivity contribution in [3.05, 3.63) is 86.9 Å². The first-order chi connectivity index (χ1) is 15.5. The molecule has 0 saturated carbocycles. The summed E-state index contributed by atoms with van der Waals surface area (Å²) in [5.41, 5.74) is 1.69. The molecule has 4 rings (SSSR count). The monoisotopic (exact) mass is 557 g/mol. The number of nitrogens with zero attached hydrogens (tertiary/aromatic N) is 1. The molecule has 0 N–H and O–H groups in total. The molecule has 1 saturated heterocycles. The zero-order chi connectivity index (χ0) is 22.7. The van der Waals surface area contributed by atoms with Gasteiger partial charge in [0.25, 0.3) is 11.1 Å². The lowest BCUT2D eigenvalue weighted by Crippen LogP contribution is -2.27. The first kappa shape index (κ1) is 22.4. The van der Waals surface area contributed by atoms with E-state index in [4.69, 9.17) is 9.47 Å². The number of carbonyl (C=O) groups excluding carboxylic acids is 2. The summed E-state index contributed by atoms with van der Waals surface area (Å²) in [5.74, 6) is 0.878. The van der Waals surface area contributed by atoms with Gasteiger partial charge in [-0.15, -0.1) is 0 Å². The molecule has 0 radical (unpaired) electrons. The van der Waals surface area contributed by atoms with E-state index < -0.39 is 0 Å². The van der Waals surface area contributed by atoms with Crippen molar-refractivity contribution in [1.29, 1.82) is 0 Å². The van der Waals surface area contributed by atoms with E-state index in [9.17, 15) is 9.59 Å². The molecule has 0 spiro atoms. The van der Waals surface area contributed by atoms with Crippen molar-refractivity contribution in [2.24, 2.45) is 0 Å². The molecule has 1 aliphatic rings. The molecule has 5 nitrogen and oxygen atoms in total. The molecule has 2 amide bonds. The lowest BCUT2D eigenvalue weighted by Gasteiger charge is -2.14. The van der Waals surface area contributed by atoms with Gasteiger partial charge in [0.2, 0.25) is 0 Å². The molecule has 0 atom stereocenters. The lowest BCUT2D eigenvalue weighted by atomic mass is 10.0. The van der Waals surface area contributed by atoms with Gasteiger partial charge in [-0.05, 0) is 74.5 Å². The zero-order valence-corrected chi connectivity index (χ0v) is 20.3. The molecule has 0 aromatic heterocycles. The van der Waals surface area contributed by atoms with Crippen LogP contribution in [0.4, 0.5) is 4.79 Å². The molecule has 32 heavy (non-hydrogen) atoms. The van der Waals surface area contributed by atoms with Crippen LogP contribution in [0.15, 0.2) is 72.2 Å². The Morgan fingerprint density at radius 2 is 1.91 bits per heavy atom. The van der Waals surface area contributed by atoms with Gasteiger partial charge in [0, 0.05) is 0 Å². The van der Waals surface area contributed by atoms with Gasteiger partial charge in [0.15, 0.2) is 11.5 Å². The smallest absolute Gasteiger partial charge is 0.293 e. The molecule has 0 aliphatic carbocycles. The van der Waals surface area contributed by atoms with Gasteiger partial charge in [-0.3, -0.25) is 14.5 Å². The Morgan fingerprint density at radius 1 is 1.12 bits per heavy atom. The summed E-state index contributed by atoms with van der Waals surface area (Å²) in [5, 5.41) is 1.84. The second-order valence-electron chi connectivity index (χ2n) is 7.04. The Bertz CT molecular complexity index is 1250. The second-order valence-corrected chi connectivity index (χ2v) is 9.20. The van der Waals surface area contributed by atoms with Crippen LogP contribution >= 0.6 is 34.4 Å². The highest BCUT2D eigenvalue weighted by Gasteiger charge is 2.35. The van der Waals surface area contributed by atoms with E-state index in [-0.39, 0.29) is 17.7 Å². The number of fused-ring (bicyclic) bond motifs is 1. The van der Waals surface area contributed by atoms with Crippen LogP contribution in [0.3, 0.4) is 0 Å². The number of hydrogen-bond donors (Lipinski definition) is 0. The summed E-state index contributed by atoms with van der Waals surface area (Å²) in [4.78, 5) is 27.4. The summed E-state index contributed by atoms with van der Waals surface area (Å²) in [6.07, 6.45) is 3.38. The second kappa shape index (κ2) is 9.79. The average Bonchev–Trinajstić information content (AvgIpc) is 3.05. The highest BCUT2D eigenvalue weighted by atomic mass is 127. The van der Waals surface area contributed by atoms with Gasteiger partial charge >= 0.3 is 0 Å². The third-order valence-corrected chi connectivity index (χ3v) is 6.69. The molecule has 7 heteroatoms. The molecule has 1 fully saturated rings. The van der Waals surface area contributed by atoms with Gasteiger partial charge in [-0.25, -0.2) is 0 Å². The molecule has 0 bridgehead atoms. The third-order valence-electron chi connectivity index (χ3n) is 4.98. The number of halogens is 1. The van der Waals surface area contributed by atoms with Crippen LogP contribution in [-0.4, -0.2) is 29.8 Å². The summed E-state index contributed by atoms with van der Waals surface area (Å²) in [7, 11) is 1.56. The largest absolute Gasteiger partial charge is 0.493 e. The molecule has 162 valence electrons. The van der Waals surface area contributed by atoms with Crippen LogP contribution in [0.1, 0.15) is 11.1 Å². The number of benzene rings is 3. The molecule has 0 unspecified atom stereocenters. The number of amides is 2. The van der Waals surface area contributed by atoms with Gasteiger partial charge in [0.05, 0.1) is 22.1 Å². The normalized spacial score (nSPS) is 14.9. The van der Waals surface area contributed by atoms with Crippen molar-refractivity contribution < 1.29 is 19.1 Å². The number of methoxy groups -OCH3 is 1. The molecule has 1 heterocycles. The van der Waals surface area contributed by atoms with Crippen molar-refractivity contribution in [2.75, 3.05) is 13.7 Å². The lowest BCUT2D eigenvalue weighted by molar-refractivity contribution is -0.123. The fourth-order valence-electron chi connectivity index (χ4n) is 3.49. The summed E-state index contributed by atoms with van der Waals surface area (Å²) < 4.78 is 12.0. The van der Waals surface area contributed by atoms with Gasteiger partial charge < -0.3 is 9.47 Å². The Balaban J connectivity index is 1.61. The minimum Gasteiger partial charge on any atom is -0.493 e. The standard InChI is InChI=1S/C25H20INO4S/c1-3-11-31-23-20(26)12-16(13-21(23)30-2)14-22-24(28)27(25(29)32-22)15-18-9-6-8-17-7-4-5-10-19(17)18/h3-10,12-14H,1,11,15H2,2H3/b22-14-. The van der Waals surface area contributed by atoms with Crippen LogP contribution in [0, 0.1) is 3.57 Å². The highest BCUT2D eigenvalue weighted by molar-refractivity contribution is 14.1. The maximum absolute atomic E-state index is 13.1. The maximum Gasteiger partial charge on any atom is 0.293 e. The Labute approximate surface area is 204 Å². The summed E-state index contributed by atoms with van der Waals surface area (Å²) in [6.45, 7) is 4.26. The molecular formula is C25H20INO4S. The number of imide groups is 1. The Morgan fingerprint density at radius 3 is 2.69 bits per heavy atom. The number of thioether (sulfide) groups is 1. The predicted molar refractivity (Wildman–Crippen MR) is 137 cm³/mol. The van der Waals surface area contributed by atoms with Crippen LogP contribution in [-0.2, 0) is 11.3 Å². The summed E-state index contributed by atoms with van der Waals surface area (Å²) >= 11 is 3.11. The van der Waals surface area contributed by atoms with Gasteiger partial charge in [-0.1, -0.05) is 55.1 Å². The van der Waals surface area contributed by atoms with Crippen LogP contribution < -0.4 is 9.47 Å². The minimum absolute atomic E-state index is 0.235. The fourth-order valence-corrected chi connectivity index (χ4v) is 5.11. The van der Waals surface area contributed by atoms with Gasteiger partial charge in [0.1, 0.15) is 6.61 Å². The van der Waals surface area contributed by atoms with Crippen LogP contribution in [0.25, 0.3) is 16.8 Å². The van der Waals surface area contributed by atoms with Crippen LogP contribution in [0.5, 0.6) is 11.5 Å². The minimum atomic E-state index is -0.297. The zero-order valence-electron chi connectivity index (χ0n) is 17.3. The number of hydrogen-bond acceptors (Lipinski definition) is 5. The number of carbonyl (C=O) groups is 2. The Hall–Kier alpha value is -2.78. The Kier molecular flexibility index (Phi) is 6.86. The maximum atomic E-state index is 13.1. The number of ether oxygens (including phenoxy) is 2.